The van der Waals surface area contributed by atoms with Crippen LogP contribution < -0.4 is 29.1 Å². The first kappa shape index (κ1) is 32.8. The lowest BCUT2D eigenvalue weighted by Crippen LogP contribution is -2.39. The van der Waals surface area contributed by atoms with E-state index in [1.807, 2.05) is 37.3 Å². The Balaban J connectivity index is 1.56. The lowest BCUT2D eigenvalue weighted by atomic mass is 9.96. The number of esters is 1. The number of hydrogen-bond acceptors (Lipinski definition) is 8. The summed E-state index contributed by atoms with van der Waals surface area (Å²) >= 11 is 17.0. The molecule has 1 aliphatic heterocycles. The van der Waals surface area contributed by atoms with Crippen molar-refractivity contribution in [3.8, 4) is 17.2 Å². The first-order chi connectivity index (χ1) is 21.6. The van der Waals surface area contributed by atoms with Crippen molar-refractivity contribution in [2.24, 2.45) is 4.99 Å². The molecule has 5 rings (SSSR count). The second-order valence-corrected chi connectivity index (χ2v) is 12.5. The zero-order valence-electron chi connectivity index (χ0n) is 24.9. The summed E-state index contributed by atoms with van der Waals surface area (Å²) < 4.78 is 25.3. The predicted molar refractivity (Wildman–Crippen MR) is 179 cm³/mol. The molecule has 45 heavy (non-hydrogen) atoms. The predicted octanol–water partition coefficient (Wildman–Crippen LogP) is 6.85. The molecule has 8 nitrogen and oxygen atoms in total. The van der Waals surface area contributed by atoms with Gasteiger partial charge in [0.15, 0.2) is 16.3 Å². The third kappa shape index (κ3) is 6.99. The number of ether oxygens (including phenoxy) is 4. The van der Waals surface area contributed by atoms with E-state index in [9.17, 15) is 9.59 Å². The Hall–Kier alpha value is -3.57. The second-order valence-electron chi connectivity index (χ2n) is 9.87. The first-order valence-electron chi connectivity index (χ1n) is 14.0. The van der Waals surface area contributed by atoms with Gasteiger partial charge >= 0.3 is 5.97 Å². The Morgan fingerprint density at radius 1 is 1.02 bits per heavy atom. The zero-order chi connectivity index (χ0) is 32.2. The maximum absolute atomic E-state index is 14.0. The summed E-state index contributed by atoms with van der Waals surface area (Å²) in [5, 5.41) is 0.908. The van der Waals surface area contributed by atoms with Gasteiger partial charge in [-0.1, -0.05) is 68.7 Å². The van der Waals surface area contributed by atoms with E-state index in [4.69, 9.17) is 42.1 Å². The van der Waals surface area contributed by atoms with Gasteiger partial charge in [0.05, 0.1) is 52.2 Å². The van der Waals surface area contributed by atoms with Crippen LogP contribution in [0.1, 0.15) is 43.5 Å². The van der Waals surface area contributed by atoms with Crippen molar-refractivity contribution in [3.63, 3.8) is 0 Å². The van der Waals surface area contributed by atoms with Gasteiger partial charge in [-0.15, -0.1) is 0 Å². The molecule has 0 N–H and O–H groups in total. The van der Waals surface area contributed by atoms with Crippen LogP contribution in [0.15, 0.2) is 80.1 Å². The van der Waals surface area contributed by atoms with Gasteiger partial charge in [0.1, 0.15) is 12.4 Å². The minimum Gasteiger partial charge on any atom is -0.494 e. The van der Waals surface area contributed by atoms with E-state index >= 15 is 0 Å². The van der Waals surface area contributed by atoms with Crippen molar-refractivity contribution in [3.05, 3.63) is 117 Å². The van der Waals surface area contributed by atoms with Gasteiger partial charge in [0.2, 0.25) is 0 Å². The van der Waals surface area contributed by atoms with Crippen LogP contribution in [-0.2, 0) is 16.1 Å². The standard InChI is InChI=1S/C33H29BrCl2N2O6S/c1-5-42-22-10-8-20(9-11-22)30-29(32(40)43-6-2)18(3)37-33-38(30)31(39)28(45-33)15-21-14-26(41-4)27(16-23(21)34)44-17-19-7-12-24(35)25(36)13-19/h7-16,30H,5-6,17H2,1-4H3/b28-15+/t30-/m0/s1. The third-order valence-corrected chi connectivity index (χ3v) is 9.38. The van der Waals surface area contributed by atoms with Crippen molar-refractivity contribution >= 4 is 62.5 Å². The molecule has 0 amide bonds. The number of methoxy groups -OCH3 is 1. The van der Waals surface area contributed by atoms with Gasteiger partial charge in [-0.3, -0.25) is 9.36 Å². The molecule has 1 aliphatic rings. The number of hydrogen-bond donors (Lipinski definition) is 0. The van der Waals surface area contributed by atoms with Crippen LogP contribution in [-0.4, -0.2) is 30.9 Å². The largest absolute Gasteiger partial charge is 0.494 e. The molecule has 3 aromatic carbocycles. The molecular weight excluding hydrogens is 703 g/mol. The van der Waals surface area contributed by atoms with Gasteiger partial charge in [-0.05, 0) is 79.9 Å². The van der Waals surface area contributed by atoms with Crippen molar-refractivity contribution < 1.29 is 23.7 Å². The molecule has 0 aliphatic carbocycles. The lowest BCUT2D eigenvalue weighted by molar-refractivity contribution is -0.139. The van der Waals surface area contributed by atoms with Crippen LogP contribution in [0, 0.1) is 0 Å². The molecule has 0 bridgehead atoms. The van der Waals surface area contributed by atoms with Crippen LogP contribution in [0.3, 0.4) is 0 Å². The number of thiazole rings is 1. The average Bonchev–Trinajstić information content (AvgIpc) is 3.32. The highest BCUT2D eigenvalue weighted by atomic mass is 79.9. The molecule has 234 valence electrons. The first-order valence-corrected chi connectivity index (χ1v) is 16.4. The number of allylic oxidation sites excluding steroid dienone is 1. The van der Waals surface area contributed by atoms with Gasteiger partial charge in [0.25, 0.3) is 5.56 Å². The quantitative estimate of drug-likeness (QED) is 0.166. The monoisotopic (exact) mass is 730 g/mol. The summed E-state index contributed by atoms with van der Waals surface area (Å²) in [6.45, 7) is 6.36. The van der Waals surface area contributed by atoms with E-state index in [-0.39, 0.29) is 18.8 Å². The van der Waals surface area contributed by atoms with Crippen molar-refractivity contribution in [2.75, 3.05) is 20.3 Å². The Morgan fingerprint density at radius 2 is 1.78 bits per heavy atom. The number of benzene rings is 3. The molecule has 0 spiro atoms. The van der Waals surface area contributed by atoms with Crippen LogP contribution in [0.2, 0.25) is 10.0 Å². The molecule has 0 fully saturated rings. The van der Waals surface area contributed by atoms with Crippen LogP contribution in [0.5, 0.6) is 17.2 Å². The van der Waals surface area contributed by atoms with Crippen LogP contribution in [0.4, 0.5) is 0 Å². The maximum Gasteiger partial charge on any atom is 0.338 e. The second kappa shape index (κ2) is 14.2. The smallest absolute Gasteiger partial charge is 0.338 e. The van der Waals surface area contributed by atoms with E-state index < -0.39 is 12.0 Å². The van der Waals surface area contributed by atoms with Crippen molar-refractivity contribution in [1.82, 2.24) is 4.57 Å². The Bertz CT molecular complexity index is 1970. The van der Waals surface area contributed by atoms with Crippen LogP contribution >= 0.6 is 50.5 Å². The summed E-state index contributed by atoms with van der Waals surface area (Å²) in [6.07, 6.45) is 1.76. The Kier molecular flexibility index (Phi) is 10.4. The molecule has 2 heterocycles. The summed E-state index contributed by atoms with van der Waals surface area (Å²) in [4.78, 5) is 32.3. The number of carbonyl (C=O) groups is 1. The van der Waals surface area contributed by atoms with Crippen LogP contribution in [0.25, 0.3) is 6.08 Å². The molecule has 0 unspecified atom stereocenters. The molecule has 0 radical (unpaired) electrons. The zero-order valence-corrected chi connectivity index (χ0v) is 28.8. The third-order valence-electron chi connectivity index (χ3n) is 6.97. The van der Waals surface area contributed by atoms with Gasteiger partial charge in [-0.25, -0.2) is 9.79 Å². The van der Waals surface area contributed by atoms with Gasteiger partial charge in [0, 0.05) is 4.47 Å². The minimum absolute atomic E-state index is 0.193. The van der Waals surface area contributed by atoms with E-state index in [2.05, 4.69) is 20.9 Å². The van der Waals surface area contributed by atoms with E-state index in [1.54, 1.807) is 55.9 Å². The highest BCUT2D eigenvalue weighted by Gasteiger charge is 2.33. The number of halogens is 3. The summed E-state index contributed by atoms with van der Waals surface area (Å²) in [5.41, 5.74) is 2.77. The normalized spacial score (nSPS) is 14.6. The molecule has 12 heteroatoms. The molecule has 1 aromatic heterocycles. The fourth-order valence-electron chi connectivity index (χ4n) is 4.89. The van der Waals surface area contributed by atoms with Gasteiger partial charge < -0.3 is 18.9 Å². The van der Waals surface area contributed by atoms with Gasteiger partial charge in [-0.2, -0.15) is 0 Å². The topological polar surface area (TPSA) is 88.4 Å². The van der Waals surface area contributed by atoms with Crippen molar-refractivity contribution in [2.45, 2.75) is 33.4 Å². The Morgan fingerprint density at radius 3 is 2.44 bits per heavy atom. The minimum atomic E-state index is -0.728. The van der Waals surface area contributed by atoms with E-state index in [0.29, 0.717) is 64.5 Å². The highest BCUT2D eigenvalue weighted by molar-refractivity contribution is 9.10. The maximum atomic E-state index is 14.0. The summed E-state index contributed by atoms with van der Waals surface area (Å²) in [5.74, 6) is 1.15. The molecule has 1 atom stereocenters. The summed E-state index contributed by atoms with van der Waals surface area (Å²) in [6, 6.07) is 15.5. The van der Waals surface area contributed by atoms with E-state index in [1.165, 1.54) is 11.3 Å². The number of rotatable bonds is 10. The Labute approximate surface area is 282 Å². The number of fused-ring (bicyclic) bond motifs is 1. The van der Waals surface area contributed by atoms with Crippen molar-refractivity contribution in [1.29, 1.82) is 0 Å². The highest BCUT2D eigenvalue weighted by Crippen LogP contribution is 2.35. The lowest BCUT2D eigenvalue weighted by Gasteiger charge is -2.24. The molecular formula is C33H29BrCl2N2O6S. The molecule has 0 saturated heterocycles. The molecule has 0 saturated carbocycles. The number of nitrogens with zero attached hydrogens (tertiary/aromatic N) is 2. The average molecular weight is 732 g/mol. The number of carbonyl (C=O) groups excluding carboxylic acids is 1. The summed E-state index contributed by atoms with van der Waals surface area (Å²) in [7, 11) is 1.55. The number of aromatic nitrogens is 1. The molecule has 4 aromatic rings. The SMILES string of the molecule is CCOC(=O)C1=C(C)N=c2s/c(=C/c3cc(OC)c(OCc4ccc(Cl)c(Cl)c4)cc3Br)c(=O)n2[C@H]1c1ccc(OCC)cc1. The fraction of sp³-hybridized carbons (Fsp3) is 0.242. The fourth-order valence-corrected chi connectivity index (χ4v) is 6.68. The van der Waals surface area contributed by atoms with E-state index in [0.717, 1.165) is 11.1 Å².